The zero-order valence-corrected chi connectivity index (χ0v) is 11.8. The van der Waals surface area contributed by atoms with Crippen LogP contribution in [0.25, 0.3) is 0 Å². The minimum atomic E-state index is -0.505. The third-order valence-corrected chi connectivity index (χ3v) is 3.89. The molecule has 1 aliphatic carbocycles. The molecule has 1 saturated carbocycles. The van der Waals surface area contributed by atoms with Gasteiger partial charge < -0.3 is 5.32 Å². The Bertz CT molecular complexity index is 561. The van der Waals surface area contributed by atoms with E-state index < -0.39 is 4.92 Å². The van der Waals surface area contributed by atoms with Crippen molar-refractivity contribution in [1.29, 1.82) is 5.26 Å². The Hall–Kier alpha value is -2.09. The molecule has 2 rings (SSSR count). The highest BCUT2D eigenvalue weighted by Gasteiger charge is 2.28. The molecule has 0 aromatic heterocycles. The summed E-state index contributed by atoms with van der Waals surface area (Å²) < 4.78 is 0. The molecule has 0 heterocycles. The lowest BCUT2D eigenvalue weighted by atomic mass is 9.75. The number of rotatable bonds is 3. The van der Waals surface area contributed by atoms with Gasteiger partial charge in [-0.3, -0.25) is 10.1 Å². The Balaban J connectivity index is 2.16. The van der Waals surface area contributed by atoms with Crippen molar-refractivity contribution >= 4 is 11.4 Å². The summed E-state index contributed by atoms with van der Waals surface area (Å²) in [6.45, 7) is 4.50. The molecule has 1 N–H and O–H groups in total. The molecule has 5 nitrogen and oxygen atoms in total. The molecule has 1 aliphatic rings. The van der Waals surface area contributed by atoms with Crippen molar-refractivity contribution in [1.82, 2.24) is 0 Å². The molecular formula is C15H19N3O2. The summed E-state index contributed by atoms with van der Waals surface area (Å²) in [6, 6.07) is 6.90. The number of nitrogens with one attached hydrogen (secondary N) is 1. The van der Waals surface area contributed by atoms with Gasteiger partial charge >= 0.3 is 0 Å². The highest BCUT2D eigenvalue weighted by molar-refractivity contribution is 5.59. The van der Waals surface area contributed by atoms with Crippen LogP contribution in [0.15, 0.2) is 18.2 Å². The van der Waals surface area contributed by atoms with Gasteiger partial charge in [-0.2, -0.15) is 5.26 Å². The highest BCUT2D eigenvalue weighted by atomic mass is 16.6. The normalized spacial score (nSPS) is 20.9. The van der Waals surface area contributed by atoms with Gasteiger partial charge in [0.05, 0.1) is 4.92 Å². The molecular weight excluding hydrogens is 254 g/mol. The van der Waals surface area contributed by atoms with Crippen LogP contribution in [0.3, 0.4) is 0 Å². The maximum Gasteiger partial charge on any atom is 0.289 e. The molecule has 1 fully saturated rings. The zero-order chi connectivity index (χ0) is 14.8. The SMILES string of the molecule is CC1(C)CCCC(Nc2ccc(C#N)c([N+](=O)[O-])c2)C1. The Kier molecular flexibility index (Phi) is 3.93. The Morgan fingerprint density at radius 1 is 1.50 bits per heavy atom. The average molecular weight is 273 g/mol. The molecule has 20 heavy (non-hydrogen) atoms. The lowest BCUT2D eigenvalue weighted by Crippen LogP contribution is -2.31. The molecule has 5 heteroatoms. The fourth-order valence-electron chi connectivity index (χ4n) is 2.92. The van der Waals surface area contributed by atoms with E-state index in [9.17, 15) is 10.1 Å². The lowest BCUT2D eigenvalue weighted by Gasteiger charge is -2.36. The summed E-state index contributed by atoms with van der Waals surface area (Å²) in [4.78, 5) is 10.4. The average Bonchev–Trinajstić information content (AvgIpc) is 2.37. The Morgan fingerprint density at radius 3 is 2.85 bits per heavy atom. The van der Waals surface area contributed by atoms with Crippen LogP contribution in [0, 0.1) is 26.9 Å². The lowest BCUT2D eigenvalue weighted by molar-refractivity contribution is -0.385. The maximum absolute atomic E-state index is 11.0. The first kappa shape index (κ1) is 14.3. The first-order chi connectivity index (χ1) is 9.41. The molecule has 1 aromatic rings. The molecule has 0 spiro atoms. The molecule has 1 unspecified atom stereocenters. The second-order valence-electron chi connectivity index (χ2n) is 6.20. The first-order valence-corrected chi connectivity index (χ1v) is 6.86. The molecule has 0 amide bonds. The number of nitriles is 1. The quantitative estimate of drug-likeness (QED) is 0.670. The van der Waals surface area contributed by atoms with Gasteiger partial charge in [-0.25, -0.2) is 0 Å². The van der Waals surface area contributed by atoms with Crippen molar-refractivity contribution in [3.8, 4) is 6.07 Å². The fourth-order valence-corrected chi connectivity index (χ4v) is 2.92. The number of hydrogen-bond donors (Lipinski definition) is 1. The van der Waals surface area contributed by atoms with Crippen LogP contribution in [-0.4, -0.2) is 11.0 Å². The summed E-state index contributed by atoms with van der Waals surface area (Å²) >= 11 is 0. The van der Waals surface area contributed by atoms with Crippen LogP contribution in [-0.2, 0) is 0 Å². The predicted molar refractivity (Wildman–Crippen MR) is 77.5 cm³/mol. The smallest absolute Gasteiger partial charge is 0.289 e. The molecule has 0 saturated heterocycles. The van der Waals surface area contributed by atoms with Crippen molar-refractivity contribution in [2.75, 3.05) is 5.32 Å². The molecule has 1 aromatic carbocycles. The number of nitro groups is 1. The van der Waals surface area contributed by atoms with E-state index in [4.69, 9.17) is 5.26 Å². The summed E-state index contributed by atoms with van der Waals surface area (Å²) in [6.07, 6.45) is 4.53. The molecule has 1 atom stereocenters. The number of benzene rings is 1. The van der Waals surface area contributed by atoms with Crippen molar-refractivity contribution in [3.63, 3.8) is 0 Å². The minimum Gasteiger partial charge on any atom is -0.382 e. The Morgan fingerprint density at radius 2 is 2.25 bits per heavy atom. The van der Waals surface area contributed by atoms with Crippen LogP contribution < -0.4 is 5.32 Å². The monoisotopic (exact) mass is 273 g/mol. The number of nitrogens with zero attached hydrogens (tertiary/aromatic N) is 2. The van der Waals surface area contributed by atoms with E-state index in [0.717, 1.165) is 18.5 Å². The van der Waals surface area contributed by atoms with Crippen LogP contribution in [0.1, 0.15) is 45.1 Å². The molecule has 106 valence electrons. The van der Waals surface area contributed by atoms with Gasteiger partial charge in [-0.05, 0) is 36.8 Å². The van der Waals surface area contributed by atoms with E-state index >= 15 is 0 Å². The van der Waals surface area contributed by atoms with Crippen molar-refractivity contribution in [2.24, 2.45) is 5.41 Å². The molecule has 0 radical (unpaired) electrons. The number of anilines is 1. The third-order valence-electron chi connectivity index (χ3n) is 3.89. The van der Waals surface area contributed by atoms with E-state index in [0.29, 0.717) is 11.5 Å². The number of hydrogen-bond acceptors (Lipinski definition) is 4. The highest BCUT2D eigenvalue weighted by Crippen LogP contribution is 2.36. The van der Waals surface area contributed by atoms with Gasteiger partial charge in [0.15, 0.2) is 0 Å². The van der Waals surface area contributed by atoms with Gasteiger partial charge in [0.25, 0.3) is 5.69 Å². The molecule has 0 bridgehead atoms. The second-order valence-corrected chi connectivity index (χ2v) is 6.20. The maximum atomic E-state index is 11.0. The van der Waals surface area contributed by atoms with Crippen molar-refractivity contribution in [3.05, 3.63) is 33.9 Å². The van der Waals surface area contributed by atoms with Gasteiger partial charge in [0, 0.05) is 17.8 Å². The van der Waals surface area contributed by atoms with E-state index in [2.05, 4.69) is 19.2 Å². The van der Waals surface area contributed by atoms with Crippen LogP contribution in [0.5, 0.6) is 0 Å². The topological polar surface area (TPSA) is 79.0 Å². The van der Waals surface area contributed by atoms with Gasteiger partial charge in [-0.15, -0.1) is 0 Å². The van der Waals surface area contributed by atoms with Gasteiger partial charge in [-0.1, -0.05) is 20.3 Å². The summed E-state index contributed by atoms with van der Waals surface area (Å²) in [5.74, 6) is 0. The van der Waals surface area contributed by atoms with Crippen molar-refractivity contribution < 1.29 is 4.92 Å². The predicted octanol–water partition coefficient (Wildman–Crippen LogP) is 3.85. The van der Waals surface area contributed by atoms with E-state index in [1.807, 2.05) is 6.07 Å². The van der Waals surface area contributed by atoms with Gasteiger partial charge in [0.2, 0.25) is 0 Å². The third kappa shape index (κ3) is 3.27. The molecule has 0 aliphatic heterocycles. The standard InChI is InChI=1S/C15H19N3O2/c1-15(2)7-3-4-13(9-15)17-12-6-5-11(10-16)14(8-12)18(19)20/h5-6,8,13,17H,3-4,7,9H2,1-2H3. The van der Waals surface area contributed by atoms with Crippen LogP contribution >= 0.6 is 0 Å². The first-order valence-electron chi connectivity index (χ1n) is 6.86. The van der Waals surface area contributed by atoms with Crippen LogP contribution in [0.2, 0.25) is 0 Å². The van der Waals surface area contributed by atoms with E-state index in [1.54, 1.807) is 6.07 Å². The zero-order valence-electron chi connectivity index (χ0n) is 11.8. The van der Waals surface area contributed by atoms with E-state index in [-0.39, 0.29) is 11.3 Å². The van der Waals surface area contributed by atoms with Crippen molar-refractivity contribution in [2.45, 2.75) is 45.6 Å². The second kappa shape index (κ2) is 5.49. The summed E-state index contributed by atoms with van der Waals surface area (Å²) in [7, 11) is 0. The van der Waals surface area contributed by atoms with Crippen LogP contribution in [0.4, 0.5) is 11.4 Å². The summed E-state index contributed by atoms with van der Waals surface area (Å²) in [5.41, 5.74) is 1.00. The number of nitro benzene ring substituents is 1. The largest absolute Gasteiger partial charge is 0.382 e. The van der Waals surface area contributed by atoms with E-state index in [1.165, 1.54) is 25.0 Å². The Labute approximate surface area is 118 Å². The minimum absolute atomic E-state index is 0.101. The fraction of sp³-hybridized carbons (Fsp3) is 0.533. The summed E-state index contributed by atoms with van der Waals surface area (Å²) in [5, 5.41) is 23.2. The van der Waals surface area contributed by atoms with Gasteiger partial charge in [0.1, 0.15) is 11.6 Å².